The van der Waals surface area contributed by atoms with Gasteiger partial charge >= 0.3 is 0 Å². The lowest BCUT2D eigenvalue weighted by molar-refractivity contribution is 0.0935. The van der Waals surface area contributed by atoms with E-state index in [9.17, 15) is 4.79 Å². The Morgan fingerprint density at radius 1 is 1.36 bits per heavy atom. The molecule has 0 radical (unpaired) electrons. The van der Waals surface area contributed by atoms with Crippen LogP contribution in [0.1, 0.15) is 29.0 Å². The summed E-state index contributed by atoms with van der Waals surface area (Å²) in [5.41, 5.74) is 2.35. The van der Waals surface area contributed by atoms with Crippen molar-refractivity contribution in [2.75, 3.05) is 0 Å². The van der Waals surface area contributed by atoms with Crippen molar-refractivity contribution in [3.05, 3.63) is 65.5 Å². The zero-order valence-electron chi connectivity index (χ0n) is 11.8. The van der Waals surface area contributed by atoms with E-state index in [1.807, 2.05) is 31.2 Å². The normalized spacial score (nSPS) is 12.1. The summed E-state index contributed by atoms with van der Waals surface area (Å²) in [6.45, 7) is 1.92. The fourth-order valence-corrected chi connectivity index (χ4v) is 2.28. The number of nitrogens with zero attached hydrogens (tertiary/aromatic N) is 3. The molecule has 2 aromatic heterocycles. The minimum Gasteiger partial charge on any atom is -0.356 e. The number of rotatable bonds is 4. The summed E-state index contributed by atoms with van der Waals surface area (Å²) in [4.78, 5) is 18.8. The summed E-state index contributed by atoms with van der Waals surface area (Å²) in [6.07, 6.45) is 4.70. The van der Waals surface area contributed by atoms with Crippen molar-refractivity contribution in [1.82, 2.24) is 25.1 Å². The molecule has 0 aliphatic carbocycles. The van der Waals surface area contributed by atoms with Gasteiger partial charge in [0.25, 0.3) is 5.91 Å². The van der Waals surface area contributed by atoms with Gasteiger partial charge in [-0.25, -0.2) is 9.67 Å². The summed E-state index contributed by atoms with van der Waals surface area (Å²) in [5, 5.41) is 7.50. The average Bonchev–Trinajstić information content (AvgIpc) is 3.18. The van der Waals surface area contributed by atoms with Crippen LogP contribution in [0.25, 0.3) is 5.69 Å². The monoisotopic (exact) mass is 315 g/mol. The molecular formula is C15H14ClN5O. The molecular weight excluding hydrogens is 302 g/mol. The number of benzene rings is 1. The Hall–Kier alpha value is -2.60. The molecule has 1 atom stereocenters. The zero-order chi connectivity index (χ0) is 15.5. The molecule has 0 unspecified atom stereocenters. The first-order valence-electron chi connectivity index (χ1n) is 6.73. The van der Waals surface area contributed by atoms with Crippen LogP contribution in [0.5, 0.6) is 0 Å². The fourth-order valence-electron chi connectivity index (χ4n) is 2.11. The van der Waals surface area contributed by atoms with Gasteiger partial charge in [-0.1, -0.05) is 23.7 Å². The molecule has 112 valence electrons. The third-order valence-corrected chi connectivity index (χ3v) is 3.53. The van der Waals surface area contributed by atoms with E-state index < -0.39 is 0 Å². The Morgan fingerprint density at radius 3 is 2.73 bits per heavy atom. The quantitative estimate of drug-likeness (QED) is 0.777. The van der Waals surface area contributed by atoms with Crippen molar-refractivity contribution < 1.29 is 4.79 Å². The molecule has 1 aromatic carbocycles. The minimum absolute atomic E-state index is 0.126. The van der Waals surface area contributed by atoms with Crippen LogP contribution < -0.4 is 5.32 Å². The maximum Gasteiger partial charge on any atom is 0.268 e. The number of hydrogen-bond donors (Lipinski definition) is 2. The smallest absolute Gasteiger partial charge is 0.268 e. The molecule has 3 aromatic rings. The van der Waals surface area contributed by atoms with Crippen LogP contribution in [0.4, 0.5) is 0 Å². The van der Waals surface area contributed by atoms with Crippen molar-refractivity contribution in [1.29, 1.82) is 0 Å². The molecule has 2 heterocycles. The van der Waals surface area contributed by atoms with Crippen LogP contribution in [0, 0.1) is 0 Å². The number of aromatic nitrogens is 4. The highest BCUT2D eigenvalue weighted by molar-refractivity contribution is 6.30. The van der Waals surface area contributed by atoms with Crippen molar-refractivity contribution in [3.8, 4) is 5.69 Å². The number of carbonyl (C=O) groups is 1. The van der Waals surface area contributed by atoms with Crippen LogP contribution in [-0.4, -0.2) is 25.7 Å². The topological polar surface area (TPSA) is 75.6 Å². The van der Waals surface area contributed by atoms with Crippen LogP contribution in [0.2, 0.25) is 5.02 Å². The molecule has 22 heavy (non-hydrogen) atoms. The van der Waals surface area contributed by atoms with Crippen LogP contribution in [-0.2, 0) is 0 Å². The van der Waals surface area contributed by atoms with Gasteiger partial charge in [0.1, 0.15) is 18.3 Å². The number of H-pyrrole nitrogens is 1. The van der Waals surface area contributed by atoms with Crippen LogP contribution >= 0.6 is 11.6 Å². The van der Waals surface area contributed by atoms with Gasteiger partial charge in [-0.15, -0.1) is 0 Å². The third kappa shape index (κ3) is 3.01. The molecule has 0 spiro atoms. The molecule has 0 aliphatic heterocycles. The molecule has 6 nitrogen and oxygen atoms in total. The number of halogens is 1. The molecule has 0 aliphatic rings. The Bertz CT molecular complexity index is 764. The number of hydrogen-bond acceptors (Lipinski definition) is 3. The van der Waals surface area contributed by atoms with Gasteiger partial charge in [-0.05, 0) is 30.7 Å². The lowest BCUT2D eigenvalue weighted by Crippen LogP contribution is -2.26. The predicted molar refractivity (Wildman–Crippen MR) is 83.0 cm³/mol. The summed E-state index contributed by atoms with van der Waals surface area (Å²) < 4.78 is 1.67. The Kier molecular flexibility index (Phi) is 3.93. The number of amides is 1. The number of aromatic amines is 1. The van der Waals surface area contributed by atoms with E-state index in [1.54, 1.807) is 23.3 Å². The molecule has 3 rings (SSSR count). The van der Waals surface area contributed by atoms with Gasteiger partial charge < -0.3 is 10.3 Å². The van der Waals surface area contributed by atoms with Crippen molar-refractivity contribution in [2.24, 2.45) is 0 Å². The van der Waals surface area contributed by atoms with Gasteiger partial charge in [0.05, 0.1) is 16.8 Å². The highest BCUT2D eigenvalue weighted by Crippen LogP contribution is 2.16. The molecule has 1 amide bonds. The van der Waals surface area contributed by atoms with Crippen molar-refractivity contribution in [2.45, 2.75) is 13.0 Å². The van der Waals surface area contributed by atoms with Gasteiger partial charge in [0.15, 0.2) is 0 Å². The Morgan fingerprint density at radius 2 is 2.14 bits per heavy atom. The third-order valence-electron chi connectivity index (χ3n) is 3.32. The van der Waals surface area contributed by atoms with E-state index in [0.717, 1.165) is 11.3 Å². The molecule has 2 N–H and O–H groups in total. The first-order valence-corrected chi connectivity index (χ1v) is 7.11. The van der Waals surface area contributed by atoms with Crippen molar-refractivity contribution in [3.63, 3.8) is 0 Å². The molecule has 0 bridgehead atoms. The standard InChI is InChI=1S/C15H14ClN5O/c1-10(20-15(22)14-6-12(16)7-18-14)11-2-4-13(5-3-11)21-9-17-8-19-21/h2-10,18H,1H3,(H,20,22)/t10-/m1/s1. The molecule has 7 heteroatoms. The second-order valence-electron chi connectivity index (χ2n) is 4.86. The van der Waals surface area contributed by atoms with Gasteiger partial charge in [0, 0.05) is 6.20 Å². The SMILES string of the molecule is C[C@@H](NC(=O)c1cc(Cl)c[nH]1)c1ccc(-n2cncn2)cc1. The maximum atomic E-state index is 12.1. The Labute approximate surface area is 132 Å². The number of nitrogens with one attached hydrogen (secondary N) is 2. The summed E-state index contributed by atoms with van der Waals surface area (Å²) in [6, 6.07) is 9.22. The molecule has 0 fully saturated rings. The minimum atomic E-state index is -0.195. The second-order valence-corrected chi connectivity index (χ2v) is 5.29. The van der Waals surface area contributed by atoms with Crippen LogP contribution in [0.15, 0.2) is 49.2 Å². The van der Waals surface area contributed by atoms with E-state index in [2.05, 4.69) is 20.4 Å². The van der Waals surface area contributed by atoms with Crippen molar-refractivity contribution >= 4 is 17.5 Å². The van der Waals surface area contributed by atoms with E-state index in [4.69, 9.17) is 11.6 Å². The zero-order valence-corrected chi connectivity index (χ0v) is 12.6. The first-order chi connectivity index (χ1) is 10.6. The second kappa shape index (κ2) is 6.03. The van der Waals surface area contributed by atoms with E-state index >= 15 is 0 Å². The largest absolute Gasteiger partial charge is 0.356 e. The summed E-state index contributed by atoms with van der Waals surface area (Å²) in [5.74, 6) is -0.195. The Balaban J connectivity index is 1.69. The van der Waals surface area contributed by atoms with Gasteiger partial charge in [0.2, 0.25) is 0 Å². The highest BCUT2D eigenvalue weighted by Gasteiger charge is 2.13. The van der Waals surface area contributed by atoms with Crippen LogP contribution in [0.3, 0.4) is 0 Å². The maximum absolute atomic E-state index is 12.1. The van der Waals surface area contributed by atoms with E-state index in [1.165, 1.54) is 6.33 Å². The van der Waals surface area contributed by atoms with E-state index in [0.29, 0.717) is 10.7 Å². The predicted octanol–water partition coefficient (Wildman–Crippen LogP) is 2.74. The average molecular weight is 316 g/mol. The van der Waals surface area contributed by atoms with Gasteiger partial charge in [-0.3, -0.25) is 4.79 Å². The fraction of sp³-hybridized carbons (Fsp3) is 0.133. The molecule has 0 saturated carbocycles. The van der Waals surface area contributed by atoms with Gasteiger partial charge in [-0.2, -0.15) is 5.10 Å². The lowest BCUT2D eigenvalue weighted by Gasteiger charge is -2.14. The number of carbonyl (C=O) groups excluding carboxylic acids is 1. The molecule has 0 saturated heterocycles. The van der Waals surface area contributed by atoms with E-state index in [-0.39, 0.29) is 11.9 Å². The highest BCUT2D eigenvalue weighted by atomic mass is 35.5. The summed E-state index contributed by atoms with van der Waals surface area (Å²) in [7, 11) is 0. The summed E-state index contributed by atoms with van der Waals surface area (Å²) >= 11 is 5.80. The lowest BCUT2D eigenvalue weighted by atomic mass is 10.1. The first kappa shape index (κ1) is 14.3.